The van der Waals surface area contributed by atoms with Gasteiger partial charge in [0.15, 0.2) is 11.6 Å². The fourth-order valence-electron chi connectivity index (χ4n) is 5.11. The molecule has 6 heteroatoms. The van der Waals surface area contributed by atoms with E-state index in [9.17, 15) is 19.5 Å². The molecule has 1 N–H and O–H groups in total. The summed E-state index contributed by atoms with van der Waals surface area (Å²) < 4.78 is 0. The lowest BCUT2D eigenvalue weighted by Gasteiger charge is -2.36. The number of ketones is 2. The Balaban J connectivity index is 1.66. The first-order chi connectivity index (χ1) is 15.4. The van der Waals surface area contributed by atoms with Crippen molar-refractivity contribution >= 4 is 28.9 Å². The Morgan fingerprint density at radius 1 is 0.844 bits per heavy atom. The van der Waals surface area contributed by atoms with Gasteiger partial charge in [0.05, 0.1) is 5.56 Å². The van der Waals surface area contributed by atoms with Crippen molar-refractivity contribution in [3.05, 3.63) is 82.2 Å². The number of allylic oxidation sites excluding steroid dienone is 4. The summed E-state index contributed by atoms with van der Waals surface area (Å²) in [6.07, 6.45) is 2.09. The Morgan fingerprint density at radius 3 is 1.84 bits per heavy atom. The molecule has 0 saturated heterocycles. The number of nitrogens with zero attached hydrogens (tertiary/aromatic N) is 2. The molecule has 0 amide bonds. The lowest BCUT2D eigenvalue weighted by molar-refractivity contribution is -0.115. The first-order valence-electron chi connectivity index (χ1n) is 10.8. The third kappa shape index (κ3) is 3.06. The van der Waals surface area contributed by atoms with Crippen molar-refractivity contribution in [2.24, 2.45) is 0 Å². The SMILES string of the molecule is CN(C)c1ccc(C2C3=C(CCC3=O)N(c3ccc(C(=O)O)cc3)C3=C2C(=O)CC3)cc1. The molecule has 1 heterocycles. The summed E-state index contributed by atoms with van der Waals surface area (Å²) in [6, 6.07) is 14.7. The number of Topliss-reactive ketones (excluding diaryl/α,β-unsaturated/α-hetero) is 2. The molecule has 2 aliphatic carbocycles. The van der Waals surface area contributed by atoms with Gasteiger partial charge < -0.3 is 14.9 Å². The molecule has 3 aliphatic rings. The van der Waals surface area contributed by atoms with E-state index < -0.39 is 5.97 Å². The van der Waals surface area contributed by atoms with Crippen molar-refractivity contribution in [2.75, 3.05) is 23.9 Å². The standard InChI is InChI=1S/C26H24N2O4/c1-27(2)17-7-3-15(4-8-17)23-24-19(11-13-21(24)29)28(20-12-14-22(30)25(20)23)18-9-5-16(6-10-18)26(31)32/h3-10,23H,11-14H2,1-2H3,(H,31,32). The summed E-state index contributed by atoms with van der Waals surface area (Å²) in [6.45, 7) is 0. The number of carboxylic acids is 1. The Bertz CT molecular complexity index is 1160. The third-order valence-electron chi connectivity index (χ3n) is 6.63. The van der Waals surface area contributed by atoms with Crippen molar-refractivity contribution < 1.29 is 19.5 Å². The fraction of sp³-hybridized carbons (Fsp3) is 0.269. The Morgan fingerprint density at radius 2 is 1.38 bits per heavy atom. The largest absolute Gasteiger partial charge is 0.478 e. The number of carbonyl (C=O) groups excluding carboxylic acids is 2. The van der Waals surface area contributed by atoms with Crippen LogP contribution in [0.5, 0.6) is 0 Å². The molecule has 2 aromatic rings. The van der Waals surface area contributed by atoms with Crippen LogP contribution < -0.4 is 9.80 Å². The fourth-order valence-corrected chi connectivity index (χ4v) is 5.11. The highest BCUT2D eigenvalue weighted by Crippen LogP contribution is 2.52. The molecule has 0 saturated carbocycles. The maximum atomic E-state index is 13.1. The number of aromatic carboxylic acids is 1. The van der Waals surface area contributed by atoms with Gasteiger partial charge in [-0.05, 0) is 54.8 Å². The van der Waals surface area contributed by atoms with Crippen LogP contribution in [0.3, 0.4) is 0 Å². The zero-order valence-corrected chi connectivity index (χ0v) is 18.1. The number of benzene rings is 2. The highest BCUT2D eigenvalue weighted by molar-refractivity contribution is 6.10. The first kappa shape index (κ1) is 20.2. The van der Waals surface area contributed by atoms with Crippen LogP contribution in [-0.4, -0.2) is 36.7 Å². The van der Waals surface area contributed by atoms with Crippen molar-refractivity contribution in [1.29, 1.82) is 0 Å². The molecule has 0 aromatic heterocycles. The molecule has 0 radical (unpaired) electrons. The van der Waals surface area contributed by atoms with Gasteiger partial charge in [-0.3, -0.25) is 9.59 Å². The molecule has 6 nitrogen and oxygen atoms in total. The normalized spacial score (nSPS) is 18.4. The smallest absolute Gasteiger partial charge is 0.335 e. The number of rotatable bonds is 4. The van der Waals surface area contributed by atoms with Crippen LogP contribution in [0, 0.1) is 0 Å². The van der Waals surface area contributed by atoms with Gasteiger partial charge in [-0.25, -0.2) is 4.79 Å². The monoisotopic (exact) mass is 428 g/mol. The van der Waals surface area contributed by atoms with Crippen LogP contribution in [0.2, 0.25) is 0 Å². The average molecular weight is 428 g/mol. The van der Waals surface area contributed by atoms with Crippen LogP contribution in [0.15, 0.2) is 71.1 Å². The van der Waals surface area contributed by atoms with Gasteiger partial charge in [-0.1, -0.05) is 12.1 Å². The lowest BCUT2D eigenvalue weighted by Crippen LogP contribution is -2.30. The van der Waals surface area contributed by atoms with E-state index in [2.05, 4.69) is 0 Å². The second kappa shape index (κ2) is 7.48. The van der Waals surface area contributed by atoms with Crippen molar-refractivity contribution in [2.45, 2.75) is 31.6 Å². The maximum absolute atomic E-state index is 13.1. The molecule has 0 bridgehead atoms. The van der Waals surface area contributed by atoms with Crippen molar-refractivity contribution in [1.82, 2.24) is 0 Å². The first-order valence-corrected chi connectivity index (χ1v) is 10.8. The Hall–Kier alpha value is -3.67. The van der Waals surface area contributed by atoms with Gasteiger partial charge in [0.2, 0.25) is 0 Å². The number of hydrogen-bond donors (Lipinski definition) is 1. The number of hydrogen-bond acceptors (Lipinski definition) is 5. The van der Waals surface area contributed by atoms with E-state index in [1.807, 2.05) is 48.2 Å². The molecule has 0 spiro atoms. The van der Waals surface area contributed by atoms with Gasteiger partial charge in [-0.15, -0.1) is 0 Å². The summed E-state index contributed by atoms with van der Waals surface area (Å²) >= 11 is 0. The van der Waals surface area contributed by atoms with Gasteiger partial charge in [0.25, 0.3) is 0 Å². The summed E-state index contributed by atoms with van der Waals surface area (Å²) in [5.74, 6) is -1.15. The van der Waals surface area contributed by atoms with Crippen LogP contribution in [-0.2, 0) is 9.59 Å². The third-order valence-corrected chi connectivity index (χ3v) is 6.63. The minimum absolute atomic E-state index is 0.0834. The molecular weight excluding hydrogens is 404 g/mol. The quantitative estimate of drug-likeness (QED) is 0.783. The molecular formula is C26H24N2O4. The zero-order chi connectivity index (χ0) is 22.6. The summed E-state index contributed by atoms with van der Waals surface area (Å²) in [7, 11) is 3.96. The van der Waals surface area contributed by atoms with Gasteiger partial charge >= 0.3 is 5.97 Å². The van der Waals surface area contributed by atoms with E-state index in [4.69, 9.17) is 0 Å². The molecule has 162 valence electrons. The number of carbonyl (C=O) groups is 3. The lowest BCUT2D eigenvalue weighted by atomic mass is 9.79. The van der Waals surface area contributed by atoms with Crippen molar-refractivity contribution in [3.63, 3.8) is 0 Å². The highest BCUT2D eigenvalue weighted by Gasteiger charge is 2.46. The second-order valence-corrected chi connectivity index (χ2v) is 8.67. The average Bonchev–Trinajstić information content (AvgIpc) is 3.36. The molecule has 32 heavy (non-hydrogen) atoms. The molecule has 0 atom stereocenters. The molecule has 0 unspecified atom stereocenters. The highest BCUT2D eigenvalue weighted by atomic mass is 16.4. The second-order valence-electron chi connectivity index (χ2n) is 8.67. The Labute approximate surface area is 186 Å². The maximum Gasteiger partial charge on any atom is 0.335 e. The van der Waals surface area contributed by atoms with E-state index >= 15 is 0 Å². The van der Waals surface area contributed by atoms with Gasteiger partial charge in [-0.2, -0.15) is 0 Å². The molecule has 5 rings (SSSR count). The molecule has 1 aliphatic heterocycles. The topological polar surface area (TPSA) is 77.9 Å². The van der Waals surface area contributed by atoms with Crippen LogP contribution in [0.4, 0.5) is 11.4 Å². The summed E-state index contributed by atoms with van der Waals surface area (Å²) in [5.41, 5.74) is 6.31. The summed E-state index contributed by atoms with van der Waals surface area (Å²) in [4.78, 5) is 41.5. The summed E-state index contributed by atoms with van der Waals surface area (Å²) in [5, 5.41) is 9.25. The van der Waals surface area contributed by atoms with Crippen molar-refractivity contribution in [3.8, 4) is 0 Å². The zero-order valence-electron chi connectivity index (χ0n) is 18.1. The number of anilines is 2. The van der Waals surface area contributed by atoms with Gasteiger partial charge in [0, 0.05) is 66.8 Å². The van der Waals surface area contributed by atoms with Crippen LogP contribution in [0.25, 0.3) is 0 Å². The van der Waals surface area contributed by atoms with Crippen LogP contribution >= 0.6 is 0 Å². The van der Waals surface area contributed by atoms with E-state index in [1.54, 1.807) is 24.3 Å². The Kier molecular flexibility index (Phi) is 4.73. The van der Waals surface area contributed by atoms with E-state index in [-0.39, 0.29) is 23.0 Å². The molecule has 0 fully saturated rings. The minimum Gasteiger partial charge on any atom is -0.478 e. The van der Waals surface area contributed by atoms with E-state index in [1.165, 1.54) is 0 Å². The molecule has 2 aromatic carbocycles. The van der Waals surface area contributed by atoms with Crippen LogP contribution in [0.1, 0.15) is 47.5 Å². The minimum atomic E-state index is -0.983. The van der Waals surface area contributed by atoms with E-state index in [0.29, 0.717) is 36.8 Å². The predicted molar refractivity (Wildman–Crippen MR) is 122 cm³/mol. The predicted octanol–water partition coefficient (Wildman–Crippen LogP) is 4.29. The number of carboxylic acid groups (broad SMARTS) is 1. The van der Waals surface area contributed by atoms with E-state index in [0.717, 1.165) is 28.3 Å². The van der Waals surface area contributed by atoms with Gasteiger partial charge in [0.1, 0.15) is 0 Å².